The Hall–Kier alpha value is -1.88. The quantitative estimate of drug-likeness (QED) is 0.500. The summed E-state index contributed by atoms with van der Waals surface area (Å²) in [4.78, 5) is 24.1. The third-order valence-corrected chi connectivity index (χ3v) is 3.39. The summed E-state index contributed by atoms with van der Waals surface area (Å²) in [5.74, 6) is -1.10. The van der Waals surface area contributed by atoms with E-state index in [-0.39, 0.29) is 13.0 Å². The van der Waals surface area contributed by atoms with Crippen molar-refractivity contribution in [3.8, 4) is 0 Å². The Morgan fingerprint density at radius 1 is 1.09 bits per heavy atom. The van der Waals surface area contributed by atoms with Crippen molar-refractivity contribution in [3.63, 3.8) is 0 Å². The number of aliphatic hydroxyl groups is 1. The lowest BCUT2D eigenvalue weighted by Gasteiger charge is -2.16. The molecule has 0 radical (unpaired) electrons. The maximum atomic E-state index is 12.1. The molecule has 0 aliphatic carbocycles. The van der Waals surface area contributed by atoms with Crippen LogP contribution >= 0.6 is 0 Å². The number of aliphatic hydroxyl groups excluding tert-OH is 1. The third kappa shape index (κ3) is 7.79. The van der Waals surface area contributed by atoms with Crippen LogP contribution in [0.1, 0.15) is 55.8 Å². The van der Waals surface area contributed by atoms with Crippen LogP contribution in [-0.2, 0) is 14.3 Å². The van der Waals surface area contributed by atoms with Gasteiger partial charge in [0, 0.05) is 6.61 Å². The van der Waals surface area contributed by atoms with Crippen LogP contribution in [0.5, 0.6) is 0 Å². The first-order valence-corrected chi connectivity index (χ1v) is 8.22. The second kappa shape index (κ2) is 11.7. The van der Waals surface area contributed by atoms with E-state index < -0.39 is 18.0 Å². The van der Waals surface area contributed by atoms with Crippen LogP contribution in [0.4, 0.5) is 0 Å². The van der Waals surface area contributed by atoms with E-state index in [4.69, 9.17) is 14.6 Å². The van der Waals surface area contributed by atoms with Gasteiger partial charge in [-0.3, -0.25) is 0 Å². The maximum Gasteiger partial charge on any atom is 0.347 e. The van der Waals surface area contributed by atoms with Gasteiger partial charge in [0.15, 0.2) is 6.10 Å². The first kappa shape index (κ1) is 19.2. The molecule has 0 aliphatic rings. The van der Waals surface area contributed by atoms with Crippen molar-refractivity contribution in [2.45, 2.75) is 51.6 Å². The van der Waals surface area contributed by atoms with Crippen molar-refractivity contribution in [1.29, 1.82) is 0 Å². The number of rotatable bonds is 11. The minimum Gasteiger partial charge on any atom is -0.463 e. The highest BCUT2D eigenvalue weighted by atomic mass is 16.6. The standard InChI is InChI=1S/C18H26O5/c1-2-3-4-8-14-22-18(21)16(12-9-13-19)23-17(20)15-10-6-5-7-11-15/h5-7,10-11,16,19H,2-4,8-9,12-14H2,1H3. The molecule has 0 saturated carbocycles. The van der Waals surface area contributed by atoms with E-state index in [0.29, 0.717) is 18.6 Å². The van der Waals surface area contributed by atoms with Gasteiger partial charge in [-0.1, -0.05) is 44.4 Å². The van der Waals surface area contributed by atoms with Gasteiger partial charge in [-0.2, -0.15) is 0 Å². The number of benzene rings is 1. The highest BCUT2D eigenvalue weighted by molar-refractivity contribution is 5.91. The summed E-state index contributed by atoms with van der Waals surface area (Å²) in [5, 5.41) is 8.93. The van der Waals surface area contributed by atoms with Gasteiger partial charge in [0.05, 0.1) is 12.2 Å². The third-order valence-electron chi connectivity index (χ3n) is 3.39. The molecular weight excluding hydrogens is 296 g/mol. The minimum absolute atomic E-state index is 0.0663. The molecule has 1 unspecified atom stereocenters. The zero-order chi connectivity index (χ0) is 16.9. The number of carbonyl (C=O) groups excluding carboxylic acids is 2. The Kier molecular flexibility index (Phi) is 9.71. The van der Waals surface area contributed by atoms with Crippen molar-refractivity contribution in [2.75, 3.05) is 13.2 Å². The molecule has 128 valence electrons. The Balaban J connectivity index is 2.50. The molecular formula is C18H26O5. The largest absolute Gasteiger partial charge is 0.463 e. The number of hydrogen-bond acceptors (Lipinski definition) is 5. The molecule has 0 fully saturated rings. The normalized spacial score (nSPS) is 11.7. The predicted molar refractivity (Wildman–Crippen MR) is 87.1 cm³/mol. The van der Waals surface area contributed by atoms with E-state index in [1.54, 1.807) is 30.3 Å². The molecule has 0 heterocycles. The Bertz CT molecular complexity index is 458. The van der Waals surface area contributed by atoms with Gasteiger partial charge >= 0.3 is 11.9 Å². The second-order valence-electron chi connectivity index (χ2n) is 5.35. The number of hydrogen-bond donors (Lipinski definition) is 1. The number of carbonyl (C=O) groups is 2. The molecule has 1 atom stereocenters. The van der Waals surface area contributed by atoms with Crippen molar-refractivity contribution in [3.05, 3.63) is 35.9 Å². The van der Waals surface area contributed by atoms with Crippen molar-refractivity contribution < 1.29 is 24.2 Å². The van der Waals surface area contributed by atoms with Crippen molar-refractivity contribution >= 4 is 11.9 Å². The maximum absolute atomic E-state index is 12.1. The average molecular weight is 322 g/mol. The lowest BCUT2D eigenvalue weighted by Crippen LogP contribution is -2.30. The molecule has 1 aromatic carbocycles. The summed E-state index contributed by atoms with van der Waals surface area (Å²) < 4.78 is 10.4. The van der Waals surface area contributed by atoms with Crippen molar-refractivity contribution in [2.24, 2.45) is 0 Å². The van der Waals surface area contributed by atoms with E-state index in [1.165, 1.54) is 0 Å². The van der Waals surface area contributed by atoms with E-state index in [2.05, 4.69) is 6.92 Å². The lowest BCUT2D eigenvalue weighted by atomic mass is 10.2. The fourth-order valence-corrected chi connectivity index (χ4v) is 2.07. The topological polar surface area (TPSA) is 72.8 Å². The first-order valence-electron chi connectivity index (χ1n) is 8.22. The van der Waals surface area contributed by atoms with E-state index >= 15 is 0 Å². The van der Waals surface area contributed by atoms with Crippen molar-refractivity contribution in [1.82, 2.24) is 0 Å². The van der Waals surface area contributed by atoms with E-state index in [0.717, 1.165) is 25.7 Å². The molecule has 1 N–H and O–H groups in total. The van der Waals surface area contributed by atoms with Crippen LogP contribution in [0.25, 0.3) is 0 Å². The van der Waals surface area contributed by atoms with Gasteiger partial charge < -0.3 is 14.6 Å². The summed E-state index contributed by atoms with van der Waals surface area (Å²) >= 11 is 0. The minimum atomic E-state index is -0.971. The fourth-order valence-electron chi connectivity index (χ4n) is 2.07. The van der Waals surface area contributed by atoms with Crippen LogP contribution in [-0.4, -0.2) is 36.4 Å². The molecule has 5 nitrogen and oxygen atoms in total. The van der Waals surface area contributed by atoms with Crippen LogP contribution in [0.2, 0.25) is 0 Å². The van der Waals surface area contributed by atoms with Gasteiger partial charge in [0.25, 0.3) is 0 Å². The second-order valence-corrected chi connectivity index (χ2v) is 5.35. The highest BCUT2D eigenvalue weighted by Gasteiger charge is 2.24. The Morgan fingerprint density at radius 2 is 1.83 bits per heavy atom. The zero-order valence-electron chi connectivity index (χ0n) is 13.7. The summed E-state index contributed by atoms with van der Waals surface area (Å²) in [6.07, 6.45) is 3.69. The van der Waals surface area contributed by atoms with Crippen LogP contribution in [0.3, 0.4) is 0 Å². The zero-order valence-corrected chi connectivity index (χ0v) is 13.7. The molecule has 1 aromatic rings. The molecule has 0 bridgehead atoms. The molecule has 1 rings (SSSR count). The molecule has 23 heavy (non-hydrogen) atoms. The van der Waals surface area contributed by atoms with E-state index in [9.17, 15) is 9.59 Å². The number of ether oxygens (including phenoxy) is 2. The fraction of sp³-hybridized carbons (Fsp3) is 0.556. The highest BCUT2D eigenvalue weighted by Crippen LogP contribution is 2.10. The van der Waals surface area contributed by atoms with Gasteiger partial charge in [-0.25, -0.2) is 9.59 Å². The molecule has 5 heteroatoms. The van der Waals surface area contributed by atoms with Gasteiger partial charge in [0.1, 0.15) is 0 Å². The predicted octanol–water partition coefficient (Wildman–Crippen LogP) is 3.11. The molecule has 0 aliphatic heterocycles. The van der Waals surface area contributed by atoms with Crippen LogP contribution in [0.15, 0.2) is 30.3 Å². The van der Waals surface area contributed by atoms with Crippen LogP contribution < -0.4 is 0 Å². The van der Waals surface area contributed by atoms with Gasteiger partial charge in [-0.05, 0) is 31.4 Å². The first-order chi connectivity index (χ1) is 11.2. The van der Waals surface area contributed by atoms with E-state index in [1.807, 2.05) is 0 Å². The van der Waals surface area contributed by atoms with Crippen LogP contribution in [0, 0.1) is 0 Å². The summed E-state index contributed by atoms with van der Waals surface area (Å²) in [6, 6.07) is 8.50. The Morgan fingerprint density at radius 3 is 2.48 bits per heavy atom. The van der Waals surface area contributed by atoms with Gasteiger partial charge in [0.2, 0.25) is 0 Å². The monoisotopic (exact) mass is 322 g/mol. The Labute approximate surface area is 137 Å². The smallest absolute Gasteiger partial charge is 0.347 e. The SMILES string of the molecule is CCCCCCOC(=O)C(CCCO)OC(=O)c1ccccc1. The lowest BCUT2D eigenvalue weighted by molar-refractivity contribution is -0.154. The molecule has 0 aromatic heterocycles. The molecule has 0 spiro atoms. The summed E-state index contributed by atoms with van der Waals surface area (Å²) in [5.41, 5.74) is 0.386. The average Bonchev–Trinajstić information content (AvgIpc) is 2.58. The summed E-state index contributed by atoms with van der Waals surface area (Å²) in [6.45, 7) is 2.38. The van der Waals surface area contributed by atoms with Gasteiger partial charge in [-0.15, -0.1) is 0 Å². The summed E-state index contributed by atoms with van der Waals surface area (Å²) in [7, 11) is 0. The number of unbranched alkanes of at least 4 members (excludes halogenated alkanes) is 3. The molecule has 0 amide bonds. The molecule has 0 saturated heterocycles. The number of esters is 2.